The maximum absolute atomic E-state index is 9.38. The van der Waals surface area contributed by atoms with E-state index in [9.17, 15) is 5.11 Å². The van der Waals surface area contributed by atoms with Gasteiger partial charge in [0.2, 0.25) is 0 Å². The number of nitrogens with zero attached hydrogens (tertiary/aromatic N) is 1. The number of aromatic nitrogens is 2. The van der Waals surface area contributed by atoms with E-state index < -0.39 is 5.60 Å². The maximum Gasteiger partial charge on any atom is 0.0723 e. The van der Waals surface area contributed by atoms with Crippen LogP contribution in [0.25, 0.3) is 0 Å². The molecule has 1 heterocycles. The Morgan fingerprint density at radius 2 is 2.42 bits per heavy atom. The molecule has 0 atom stereocenters. The number of hydrogen-bond acceptors (Lipinski definition) is 3. The van der Waals surface area contributed by atoms with Gasteiger partial charge in [-0.05, 0) is 20.3 Å². The second-order valence-corrected chi connectivity index (χ2v) is 3.48. The van der Waals surface area contributed by atoms with E-state index in [1.54, 1.807) is 26.2 Å². The van der Waals surface area contributed by atoms with E-state index in [1.165, 1.54) is 0 Å². The van der Waals surface area contributed by atoms with Crippen LogP contribution in [-0.2, 0) is 0 Å². The van der Waals surface area contributed by atoms with Crippen molar-refractivity contribution in [1.82, 2.24) is 10.2 Å². The molecule has 0 saturated heterocycles. The molecule has 0 radical (unpaired) electrons. The van der Waals surface area contributed by atoms with E-state index in [4.69, 9.17) is 0 Å². The second kappa shape index (κ2) is 3.58. The summed E-state index contributed by atoms with van der Waals surface area (Å²) in [5.74, 6) is 0. The molecule has 0 aliphatic rings. The number of rotatable bonds is 4. The Morgan fingerprint density at radius 3 is 2.92 bits per heavy atom. The molecule has 0 aromatic carbocycles. The Bertz CT molecular complexity index is 213. The van der Waals surface area contributed by atoms with E-state index in [2.05, 4.69) is 15.5 Å². The lowest BCUT2D eigenvalue weighted by Crippen LogP contribution is -2.22. The van der Waals surface area contributed by atoms with Crippen molar-refractivity contribution in [2.24, 2.45) is 0 Å². The molecule has 0 amide bonds. The molecule has 0 fully saturated rings. The third-order valence-corrected chi connectivity index (χ3v) is 1.56. The summed E-state index contributed by atoms with van der Waals surface area (Å²) in [5, 5.41) is 19.0. The van der Waals surface area contributed by atoms with Gasteiger partial charge in [-0.2, -0.15) is 5.10 Å². The van der Waals surface area contributed by atoms with Gasteiger partial charge in [0, 0.05) is 12.7 Å². The van der Waals surface area contributed by atoms with Crippen LogP contribution in [0.4, 0.5) is 5.69 Å². The molecule has 4 heteroatoms. The van der Waals surface area contributed by atoms with Crippen LogP contribution in [0.5, 0.6) is 0 Å². The summed E-state index contributed by atoms with van der Waals surface area (Å²) in [5.41, 5.74) is 0.357. The highest BCUT2D eigenvalue weighted by Crippen LogP contribution is 2.08. The molecule has 0 aliphatic heterocycles. The predicted molar refractivity (Wildman–Crippen MR) is 48.0 cm³/mol. The van der Waals surface area contributed by atoms with Crippen LogP contribution in [0.1, 0.15) is 20.3 Å². The van der Waals surface area contributed by atoms with Crippen LogP contribution in [0.15, 0.2) is 12.4 Å². The van der Waals surface area contributed by atoms with Gasteiger partial charge in [0.05, 0.1) is 17.5 Å². The standard InChI is InChI=1S/C8H15N3O/c1-8(2,12)3-4-9-7-5-10-11-6-7/h5-6,9,12H,3-4H2,1-2H3,(H,10,11). The van der Waals surface area contributed by atoms with Gasteiger partial charge in [-0.3, -0.25) is 5.10 Å². The zero-order valence-electron chi connectivity index (χ0n) is 7.46. The predicted octanol–water partition coefficient (Wildman–Crippen LogP) is 0.983. The van der Waals surface area contributed by atoms with Gasteiger partial charge in [0.15, 0.2) is 0 Å². The normalized spacial score (nSPS) is 11.6. The van der Waals surface area contributed by atoms with Gasteiger partial charge in [0.1, 0.15) is 0 Å². The summed E-state index contributed by atoms with van der Waals surface area (Å²) in [6.07, 6.45) is 4.22. The van der Waals surface area contributed by atoms with Crippen molar-refractivity contribution in [3.05, 3.63) is 12.4 Å². The molecule has 12 heavy (non-hydrogen) atoms. The van der Waals surface area contributed by atoms with Gasteiger partial charge in [-0.1, -0.05) is 0 Å². The van der Waals surface area contributed by atoms with Crippen molar-refractivity contribution >= 4 is 5.69 Å². The zero-order valence-corrected chi connectivity index (χ0v) is 7.46. The average molecular weight is 169 g/mol. The lowest BCUT2D eigenvalue weighted by molar-refractivity contribution is 0.0749. The molecule has 1 rings (SSSR count). The monoisotopic (exact) mass is 169 g/mol. The molecular weight excluding hydrogens is 154 g/mol. The van der Waals surface area contributed by atoms with E-state index in [1.807, 2.05) is 0 Å². The molecule has 0 unspecified atom stereocenters. The van der Waals surface area contributed by atoms with E-state index >= 15 is 0 Å². The fraction of sp³-hybridized carbons (Fsp3) is 0.625. The molecule has 0 bridgehead atoms. The molecule has 0 spiro atoms. The molecule has 0 aliphatic carbocycles. The number of aliphatic hydroxyl groups is 1. The van der Waals surface area contributed by atoms with Crippen molar-refractivity contribution in [2.45, 2.75) is 25.9 Å². The number of H-pyrrole nitrogens is 1. The minimum atomic E-state index is -0.600. The molecule has 0 saturated carbocycles. The van der Waals surface area contributed by atoms with Gasteiger partial charge >= 0.3 is 0 Å². The van der Waals surface area contributed by atoms with Crippen LogP contribution in [0, 0.1) is 0 Å². The first-order chi connectivity index (χ1) is 5.58. The minimum Gasteiger partial charge on any atom is -0.390 e. The molecule has 3 N–H and O–H groups in total. The highest BCUT2D eigenvalue weighted by molar-refractivity contribution is 5.37. The third kappa shape index (κ3) is 3.39. The van der Waals surface area contributed by atoms with Gasteiger partial charge in [-0.25, -0.2) is 0 Å². The van der Waals surface area contributed by atoms with Gasteiger partial charge in [0.25, 0.3) is 0 Å². The van der Waals surface area contributed by atoms with Gasteiger partial charge in [-0.15, -0.1) is 0 Å². The van der Waals surface area contributed by atoms with Crippen molar-refractivity contribution in [1.29, 1.82) is 0 Å². The second-order valence-electron chi connectivity index (χ2n) is 3.48. The number of hydrogen-bond donors (Lipinski definition) is 3. The quantitative estimate of drug-likeness (QED) is 0.629. The molecule has 1 aromatic heterocycles. The Labute approximate surface area is 72.0 Å². The first kappa shape index (κ1) is 9.06. The summed E-state index contributed by atoms with van der Waals surface area (Å²) < 4.78 is 0. The largest absolute Gasteiger partial charge is 0.390 e. The van der Waals surface area contributed by atoms with Crippen molar-refractivity contribution in [3.63, 3.8) is 0 Å². The fourth-order valence-electron chi connectivity index (χ4n) is 0.860. The third-order valence-electron chi connectivity index (χ3n) is 1.56. The lowest BCUT2D eigenvalue weighted by Gasteiger charge is -2.16. The average Bonchev–Trinajstić information content (AvgIpc) is 2.36. The molecular formula is C8H15N3O. The molecule has 4 nitrogen and oxygen atoms in total. The Kier molecular flexibility index (Phi) is 2.70. The van der Waals surface area contributed by atoms with Crippen LogP contribution in [0.2, 0.25) is 0 Å². The van der Waals surface area contributed by atoms with Crippen LogP contribution >= 0.6 is 0 Å². The first-order valence-electron chi connectivity index (χ1n) is 4.03. The first-order valence-corrected chi connectivity index (χ1v) is 4.03. The van der Waals surface area contributed by atoms with Crippen molar-refractivity contribution < 1.29 is 5.11 Å². The van der Waals surface area contributed by atoms with E-state index in [-0.39, 0.29) is 0 Å². The number of anilines is 1. The number of aromatic amines is 1. The molecule has 1 aromatic rings. The fourth-order valence-corrected chi connectivity index (χ4v) is 0.860. The maximum atomic E-state index is 9.38. The van der Waals surface area contributed by atoms with Crippen LogP contribution < -0.4 is 5.32 Å². The summed E-state index contributed by atoms with van der Waals surface area (Å²) >= 11 is 0. The van der Waals surface area contributed by atoms with Gasteiger partial charge < -0.3 is 10.4 Å². The van der Waals surface area contributed by atoms with E-state index in [0.717, 1.165) is 18.7 Å². The SMILES string of the molecule is CC(C)(O)CCNc1cn[nH]c1. The van der Waals surface area contributed by atoms with Crippen LogP contribution in [0.3, 0.4) is 0 Å². The highest BCUT2D eigenvalue weighted by atomic mass is 16.3. The summed E-state index contributed by atoms with van der Waals surface area (Å²) in [7, 11) is 0. The highest BCUT2D eigenvalue weighted by Gasteiger charge is 2.10. The summed E-state index contributed by atoms with van der Waals surface area (Å²) in [6.45, 7) is 4.34. The van der Waals surface area contributed by atoms with Crippen LogP contribution in [-0.4, -0.2) is 27.4 Å². The Hall–Kier alpha value is -1.03. The van der Waals surface area contributed by atoms with Crippen molar-refractivity contribution in [3.8, 4) is 0 Å². The van der Waals surface area contributed by atoms with Crippen molar-refractivity contribution in [2.75, 3.05) is 11.9 Å². The Balaban J connectivity index is 2.20. The lowest BCUT2D eigenvalue weighted by atomic mass is 10.1. The zero-order chi connectivity index (χ0) is 9.03. The molecule has 68 valence electrons. The smallest absolute Gasteiger partial charge is 0.0723 e. The van der Waals surface area contributed by atoms with E-state index in [0.29, 0.717) is 0 Å². The Morgan fingerprint density at radius 1 is 1.67 bits per heavy atom. The summed E-state index contributed by atoms with van der Waals surface area (Å²) in [4.78, 5) is 0. The minimum absolute atomic E-state index is 0.600. The number of nitrogens with one attached hydrogen (secondary N) is 2. The topological polar surface area (TPSA) is 60.9 Å². The summed E-state index contributed by atoms with van der Waals surface area (Å²) in [6, 6.07) is 0.